The van der Waals surface area contributed by atoms with Gasteiger partial charge < -0.3 is 10.1 Å². The molecule has 0 aliphatic rings. The van der Waals surface area contributed by atoms with Crippen molar-refractivity contribution in [1.29, 1.82) is 0 Å². The van der Waals surface area contributed by atoms with Gasteiger partial charge in [-0.3, -0.25) is 0 Å². The minimum Gasteiger partial charge on any atom is -0.373 e. The Morgan fingerprint density at radius 2 is 1.95 bits per heavy atom. The quantitative estimate of drug-likeness (QED) is 0.291. The van der Waals surface area contributed by atoms with Crippen LogP contribution in [0, 0.1) is 0 Å². The smallest absolute Gasteiger partial charge is 0.330 e. The van der Waals surface area contributed by atoms with Crippen molar-refractivity contribution in [2.45, 2.75) is 63.8 Å². The van der Waals surface area contributed by atoms with Crippen molar-refractivity contribution < 1.29 is 22.3 Å². The van der Waals surface area contributed by atoms with Gasteiger partial charge in [0.2, 0.25) is 0 Å². The number of rotatable bonds is 14. The summed E-state index contributed by atoms with van der Waals surface area (Å²) in [4.78, 5) is 0. The summed E-state index contributed by atoms with van der Waals surface area (Å²) in [6.45, 7) is 5.20. The van der Waals surface area contributed by atoms with Gasteiger partial charge in [0.1, 0.15) is 6.61 Å². The molecule has 0 aromatic carbocycles. The van der Waals surface area contributed by atoms with Gasteiger partial charge in [-0.25, -0.2) is 8.78 Å². The molecule has 0 bridgehead atoms. The van der Waals surface area contributed by atoms with Gasteiger partial charge >= 0.3 is 12.3 Å². The molecule has 0 heterocycles. The number of hydrogen-bond donors (Lipinski definition) is 1. The lowest BCUT2D eigenvalue weighted by atomic mass is 10.1. The Bertz CT molecular complexity index is 262. The number of unbranched alkanes of at least 4 members (excludes halogenated alkanes) is 3. The van der Waals surface area contributed by atoms with E-state index < -0.39 is 19.0 Å². The first-order valence-electron chi connectivity index (χ1n) is 7.52. The standard InChI is InChI=1S/C15H27F4NO/c1-3-5-6-7-8-9-13(20-10-4-2)11-21-12-15(18,19)14(16)17/h3,13-14,20H,1,4-12H2,2H3. The first-order chi connectivity index (χ1) is 9.94. The third kappa shape index (κ3) is 10.7. The van der Waals surface area contributed by atoms with E-state index >= 15 is 0 Å². The molecule has 0 rings (SSSR count). The monoisotopic (exact) mass is 313 g/mol. The van der Waals surface area contributed by atoms with E-state index in [0.29, 0.717) is 0 Å². The van der Waals surface area contributed by atoms with Gasteiger partial charge in [0.15, 0.2) is 0 Å². The Kier molecular flexibility index (Phi) is 11.6. The fourth-order valence-corrected chi connectivity index (χ4v) is 1.85. The van der Waals surface area contributed by atoms with Crippen molar-refractivity contribution in [3.05, 3.63) is 12.7 Å². The van der Waals surface area contributed by atoms with Gasteiger partial charge in [-0.05, 0) is 32.2 Å². The van der Waals surface area contributed by atoms with Crippen LogP contribution in [-0.2, 0) is 4.74 Å². The van der Waals surface area contributed by atoms with Crippen LogP contribution in [0.15, 0.2) is 12.7 Å². The maximum atomic E-state index is 12.7. The summed E-state index contributed by atoms with van der Waals surface area (Å²) in [5.74, 6) is -4.07. The normalized spacial score (nSPS) is 13.6. The summed E-state index contributed by atoms with van der Waals surface area (Å²) in [7, 11) is 0. The van der Waals surface area contributed by atoms with Gasteiger partial charge in [-0.2, -0.15) is 8.78 Å². The zero-order valence-electron chi connectivity index (χ0n) is 12.7. The lowest BCUT2D eigenvalue weighted by molar-refractivity contribution is -0.167. The maximum absolute atomic E-state index is 12.7. The Labute approximate surface area is 124 Å². The van der Waals surface area contributed by atoms with Gasteiger partial charge in [-0.1, -0.05) is 25.8 Å². The van der Waals surface area contributed by atoms with Crippen molar-refractivity contribution in [3.8, 4) is 0 Å². The highest BCUT2D eigenvalue weighted by molar-refractivity contribution is 4.71. The SMILES string of the molecule is C=CCCCCCC(COCC(F)(F)C(F)F)NCCC. The van der Waals surface area contributed by atoms with Crippen LogP contribution in [0.5, 0.6) is 0 Å². The van der Waals surface area contributed by atoms with Crippen molar-refractivity contribution >= 4 is 0 Å². The second-order valence-corrected chi connectivity index (χ2v) is 5.15. The maximum Gasteiger partial charge on any atom is 0.330 e. The molecule has 6 heteroatoms. The molecule has 0 aliphatic carbocycles. The van der Waals surface area contributed by atoms with Crippen molar-refractivity contribution in [3.63, 3.8) is 0 Å². The molecule has 0 saturated heterocycles. The molecule has 1 unspecified atom stereocenters. The number of nitrogens with one attached hydrogen (secondary N) is 1. The van der Waals surface area contributed by atoms with Crippen LogP contribution < -0.4 is 5.32 Å². The van der Waals surface area contributed by atoms with Crippen LogP contribution in [0.1, 0.15) is 45.4 Å². The van der Waals surface area contributed by atoms with Gasteiger partial charge in [-0.15, -0.1) is 6.58 Å². The van der Waals surface area contributed by atoms with Crippen LogP contribution in [0.2, 0.25) is 0 Å². The molecular formula is C15H27F4NO. The zero-order chi connectivity index (χ0) is 16.1. The number of alkyl halides is 4. The van der Waals surface area contributed by atoms with Gasteiger partial charge in [0.25, 0.3) is 0 Å². The summed E-state index contributed by atoms with van der Waals surface area (Å²) in [6.07, 6.45) is 3.88. The Balaban J connectivity index is 3.97. The molecule has 2 nitrogen and oxygen atoms in total. The molecular weight excluding hydrogens is 286 g/mol. The molecule has 21 heavy (non-hydrogen) atoms. The molecule has 0 aromatic rings. The van der Waals surface area contributed by atoms with Crippen LogP contribution in [0.3, 0.4) is 0 Å². The molecule has 0 radical (unpaired) electrons. The fraction of sp³-hybridized carbons (Fsp3) is 0.867. The van der Waals surface area contributed by atoms with E-state index in [9.17, 15) is 17.6 Å². The third-order valence-corrected chi connectivity index (χ3v) is 3.08. The average molecular weight is 313 g/mol. The topological polar surface area (TPSA) is 21.3 Å². The van der Waals surface area contributed by atoms with E-state index in [2.05, 4.69) is 11.9 Å². The molecule has 0 amide bonds. The fourth-order valence-electron chi connectivity index (χ4n) is 1.85. The highest BCUT2D eigenvalue weighted by atomic mass is 19.3. The Morgan fingerprint density at radius 3 is 2.52 bits per heavy atom. The second kappa shape index (κ2) is 12.0. The molecule has 0 aliphatic heterocycles. The predicted octanol–water partition coefficient (Wildman–Crippen LogP) is 4.41. The van der Waals surface area contributed by atoms with E-state index in [1.54, 1.807) is 0 Å². The summed E-state index contributed by atoms with van der Waals surface area (Å²) in [6, 6.07) is -0.0675. The molecule has 126 valence electrons. The third-order valence-electron chi connectivity index (χ3n) is 3.08. The highest BCUT2D eigenvalue weighted by Crippen LogP contribution is 2.23. The van der Waals surface area contributed by atoms with E-state index in [4.69, 9.17) is 4.74 Å². The summed E-state index contributed by atoms with van der Waals surface area (Å²) in [5, 5.41) is 3.20. The van der Waals surface area contributed by atoms with E-state index in [-0.39, 0.29) is 12.6 Å². The summed E-state index contributed by atoms with van der Waals surface area (Å²) >= 11 is 0. The highest BCUT2D eigenvalue weighted by Gasteiger charge is 2.41. The Hall–Kier alpha value is -0.620. The first kappa shape index (κ1) is 20.4. The van der Waals surface area contributed by atoms with Crippen molar-refractivity contribution in [2.75, 3.05) is 19.8 Å². The lowest BCUT2D eigenvalue weighted by Gasteiger charge is -2.21. The summed E-state index contributed by atoms with van der Waals surface area (Å²) in [5.41, 5.74) is 0. The van der Waals surface area contributed by atoms with E-state index in [1.165, 1.54) is 0 Å². The predicted molar refractivity (Wildman–Crippen MR) is 77.1 cm³/mol. The van der Waals surface area contributed by atoms with Gasteiger partial charge in [0, 0.05) is 6.04 Å². The van der Waals surface area contributed by atoms with Gasteiger partial charge in [0.05, 0.1) is 6.61 Å². The molecule has 0 spiro atoms. The summed E-state index contributed by atoms with van der Waals surface area (Å²) < 4.78 is 54.3. The number of ether oxygens (including phenoxy) is 1. The number of allylic oxidation sites excluding steroid dienone is 1. The van der Waals surface area contributed by atoms with Crippen LogP contribution in [-0.4, -0.2) is 38.1 Å². The van der Waals surface area contributed by atoms with Crippen LogP contribution >= 0.6 is 0 Å². The molecule has 0 saturated carbocycles. The molecule has 1 N–H and O–H groups in total. The van der Waals surface area contributed by atoms with Crippen LogP contribution in [0.4, 0.5) is 17.6 Å². The van der Waals surface area contributed by atoms with Crippen molar-refractivity contribution in [1.82, 2.24) is 5.32 Å². The minimum atomic E-state index is -4.07. The number of hydrogen-bond acceptors (Lipinski definition) is 2. The molecule has 0 fully saturated rings. The molecule has 1 atom stereocenters. The van der Waals surface area contributed by atoms with E-state index in [1.807, 2.05) is 13.0 Å². The largest absolute Gasteiger partial charge is 0.373 e. The average Bonchev–Trinajstić information content (AvgIpc) is 2.43. The lowest BCUT2D eigenvalue weighted by Crippen LogP contribution is -2.38. The zero-order valence-corrected chi connectivity index (χ0v) is 12.7. The Morgan fingerprint density at radius 1 is 1.24 bits per heavy atom. The van der Waals surface area contributed by atoms with Crippen LogP contribution in [0.25, 0.3) is 0 Å². The second-order valence-electron chi connectivity index (χ2n) is 5.15. The van der Waals surface area contributed by atoms with E-state index in [0.717, 1.165) is 45.1 Å². The number of halogens is 4. The van der Waals surface area contributed by atoms with Crippen molar-refractivity contribution in [2.24, 2.45) is 0 Å². The first-order valence-corrected chi connectivity index (χ1v) is 7.52. The minimum absolute atomic E-state index is 0.0315. The molecule has 0 aromatic heterocycles.